The van der Waals surface area contributed by atoms with E-state index in [2.05, 4.69) is 0 Å². The quantitative estimate of drug-likeness (QED) is 0.430. The molecule has 0 fully saturated rings. The molecule has 1 rings (SSSR count). The van der Waals surface area contributed by atoms with E-state index in [1.54, 1.807) is 0 Å². The number of carbonyl (C=O) groups is 1. The van der Waals surface area contributed by atoms with Crippen molar-refractivity contribution in [3.05, 3.63) is 34.2 Å². The van der Waals surface area contributed by atoms with E-state index in [4.69, 9.17) is 5.11 Å². The zero-order chi connectivity index (χ0) is 9.30. The van der Waals surface area contributed by atoms with Crippen LogP contribution in [0.2, 0.25) is 0 Å². The summed E-state index contributed by atoms with van der Waals surface area (Å²) in [5.41, 5.74) is -0.439. The maximum atomic E-state index is 10.8. The predicted molar refractivity (Wildman–Crippen MR) is 36.1 cm³/mol. The van der Waals surface area contributed by atoms with Gasteiger partial charge in [0.25, 0.3) is 11.9 Å². The van der Waals surface area contributed by atoms with Gasteiger partial charge in [-0.2, -0.15) is 9.46 Å². The molecule has 1 aromatic rings. The molecule has 0 radical (unpaired) electrons. The molecule has 0 aliphatic carbocycles. The van der Waals surface area contributed by atoms with Crippen molar-refractivity contribution in [2.75, 3.05) is 0 Å². The van der Waals surface area contributed by atoms with Crippen LogP contribution in [-0.4, -0.2) is 11.1 Å². The summed E-state index contributed by atoms with van der Waals surface area (Å²) in [7, 11) is 0. The van der Waals surface area contributed by atoms with Gasteiger partial charge in [-0.1, -0.05) is 0 Å². The standard InChI is InChI=1S/C6H6N2O4/c1-4-2-8(12)5(6(9)10)3-7(4)11/h2-3H,1H3,(H,9,10). The lowest BCUT2D eigenvalue weighted by atomic mass is 10.4. The summed E-state index contributed by atoms with van der Waals surface area (Å²) in [5.74, 6) is -1.42. The first kappa shape index (κ1) is 8.25. The molecule has 0 spiro atoms. The van der Waals surface area contributed by atoms with Gasteiger partial charge in [0, 0.05) is 6.92 Å². The predicted octanol–water partition coefficient (Wildman–Crippen LogP) is -1.04. The number of hydrogen-bond donors (Lipinski definition) is 1. The fourth-order valence-electron chi connectivity index (χ4n) is 0.715. The molecular formula is C6H6N2O4. The summed E-state index contributed by atoms with van der Waals surface area (Å²) in [4.78, 5) is 10.3. The molecule has 0 unspecified atom stereocenters. The van der Waals surface area contributed by atoms with Crippen LogP contribution in [0.4, 0.5) is 0 Å². The van der Waals surface area contributed by atoms with E-state index in [1.165, 1.54) is 6.92 Å². The number of nitrogens with zero attached hydrogens (tertiary/aromatic N) is 2. The Kier molecular flexibility index (Phi) is 1.82. The van der Waals surface area contributed by atoms with Gasteiger partial charge >= 0.3 is 11.7 Å². The number of carboxylic acids is 1. The fourth-order valence-corrected chi connectivity index (χ4v) is 0.715. The molecule has 6 nitrogen and oxygen atoms in total. The monoisotopic (exact) mass is 170 g/mol. The highest BCUT2D eigenvalue weighted by atomic mass is 16.5. The van der Waals surface area contributed by atoms with Gasteiger partial charge in [0.15, 0.2) is 0 Å². The van der Waals surface area contributed by atoms with Crippen LogP contribution in [-0.2, 0) is 0 Å². The van der Waals surface area contributed by atoms with Crippen LogP contribution in [0.5, 0.6) is 0 Å². The molecule has 1 aromatic heterocycles. The van der Waals surface area contributed by atoms with Crippen molar-refractivity contribution < 1.29 is 19.4 Å². The normalized spacial score (nSPS) is 9.75. The van der Waals surface area contributed by atoms with Crippen LogP contribution < -0.4 is 9.46 Å². The lowest BCUT2D eigenvalue weighted by Gasteiger charge is -2.01. The largest absolute Gasteiger partial charge is 0.618 e. The number of aromatic nitrogens is 2. The van der Waals surface area contributed by atoms with Crippen LogP contribution in [0.1, 0.15) is 16.2 Å². The molecule has 12 heavy (non-hydrogen) atoms. The van der Waals surface area contributed by atoms with Crippen molar-refractivity contribution in [1.82, 2.24) is 0 Å². The first-order chi connectivity index (χ1) is 5.52. The first-order valence-corrected chi connectivity index (χ1v) is 3.08. The Morgan fingerprint density at radius 1 is 1.42 bits per heavy atom. The molecule has 0 saturated carbocycles. The topological polar surface area (TPSA) is 91.2 Å². The third-order valence-corrected chi connectivity index (χ3v) is 1.35. The van der Waals surface area contributed by atoms with E-state index in [0.717, 1.165) is 12.4 Å². The number of rotatable bonds is 1. The van der Waals surface area contributed by atoms with E-state index in [9.17, 15) is 15.2 Å². The average Bonchev–Trinajstić information content (AvgIpc) is 1.96. The second kappa shape index (κ2) is 2.65. The summed E-state index contributed by atoms with van der Waals surface area (Å²) in [5, 5.41) is 30.0. The van der Waals surface area contributed by atoms with Crippen LogP contribution in [0.25, 0.3) is 0 Å². The highest BCUT2D eigenvalue weighted by molar-refractivity contribution is 5.82. The summed E-state index contributed by atoms with van der Waals surface area (Å²) in [6.45, 7) is 1.41. The van der Waals surface area contributed by atoms with E-state index in [0.29, 0.717) is 4.73 Å². The lowest BCUT2D eigenvalue weighted by Crippen LogP contribution is -2.43. The molecule has 1 N–H and O–H groups in total. The minimum Gasteiger partial charge on any atom is -0.618 e. The zero-order valence-corrected chi connectivity index (χ0v) is 6.22. The minimum atomic E-state index is -1.42. The van der Waals surface area contributed by atoms with Gasteiger partial charge in [-0.3, -0.25) is 0 Å². The first-order valence-electron chi connectivity index (χ1n) is 3.08. The highest BCUT2D eigenvalue weighted by Gasteiger charge is 2.20. The van der Waals surface area contributed by atoms with Crippen molar-refractivity contribution in [3.8, 4) is 0 Å². The van der Waals surface area contributed by atoms with Crippen LogP contribution in [0.3, 0.4) is 0 Å². The van der Waals surface area contributed by atoms with E-state index < -0.39 is 11.7 Å². The summed E-state index contributed by atoms with van der Waals surface area (Å²) >= 11 is 0. The average molecular weight is 170 g/mol. The molecule has 0 saturated heterocycles. The van der Waals surface area contributed by atoms with Gasteiger partial charge in [0.1, 0.15) is 0 Å². The molecule has 64 valence electrons. The molecule has 0 aliphatic rings. The molecule has 1 heterocycles. The Morgan fingerprint density at radius 2 is 2.00 bits per heavy atom. The third-order valence-electron chi connectivity index (χ3n) is 1.35. The molecule has 0 atom stereocenters. The van der Waals surface area contributed by atoms with E-state index in [1.807, 2.05) is 0 Å². The molecule has 6 heteroatoms. The van der Waals surface area contributed by atoms with Crippen LogP contribution >= 0.6 is 0 Å². The molecule has 0 aromatic carbocycles. The van der Waals surface area contributed by atoms with Gasteiger partial charge in [0.2, 0.25) is 6.20 Å². The molecule has 0 amide bonds. The summed E-state index contributed by atoms with van der Waals surface area (Å²) in [6, 6.07) is 0. The Labute approximate surface area is 67.5 Å². The fraction of sp³-hybridized carbons (Fsp3) is 0.167. The second-order valence-corrected chi connectivity index (χ2v) is 2.24. The summed E-state index contributed by atoms with van der Waals surface area (Å²) < 4.78 is 0.476. The Hall–Kier alpha value is -1.85. The number of carboxylic acid groups (broad SMARTS) is 1. The molecule has 0 bridgehead atoms. The summed E-state index contributed by atoms with van der Waals surface area (Å²) in [6.07, 6.45) is 1.64. The molecule has 0 aliphatic heterocycles. The van der Waals surface area contributed by atoms with Crippen molar-refractivity contribution in [3.63, 3.8) is 0 Å². The second-order valence-electron chi connectivity index (χ2n) is 2.24. The van der Waals surface area contributed by atoms with E-state index in [-0.39, 0.29) is 10.4 Å². The number of aromatic carboxylic acids is 1. The van der Waals surface area contributed by atoms with Crippen LogP contribution in [0, 0.1) is 17.3 Å². The Balaban J connectivity index is 3.33. The SMILES string of the molecule is Cc1c[n+]([O-])c(C(=O)O)c[n+]1[O-]. The Bertz CT molecular complexity index is 337. The van der Waals surface area contributed by atoms with Crippen molar-refractivity contribution in [2.45, 2.75) is 6.92 Å². The van der Waals surface area contributed by atoms with Crippen molar-refractivity contribution >= 4 is 5.97 Å². The maximum absolute atomic E-state index is 10.8. The smallest absolute Gasteiger partial charge is 0.409 e. The van der Waals surface area contributed by atoms with Gasteiger partial charge in [0.05, 0.1) is 0 Å². The van der Waals surface area contributed by atoms with Crippen molar-refractivity contribution in [2.24, 2.45) is 0 Å². The van der Waals surface area contributed by atoms with Crippen molar-refractivity contribution in [1.29, 1.82) is 0 Å². The van der Waals surface area contributed by atoms with Gasteiger partial charge in [-0.05, 0) is 0 Å². The van der Waals surface area contributed by atoms with Gasteiger partial charge < -0.3 is 15.5 Å². The highest BCUT2D eigenvalue weighted by Crippen LogP contribution is 1.88. The zero-order valence-electron chi connectivity index (χ0n) is 6.22. The Morgan fingerprint density at radius 3 is 2.50 bits per heavy atom. The minimum absolute atomic E-state index is 0.145. The van der Waals surface area contributed by atoms with E-state index >= 15 is 0 Å². The van der Waals surface area contributed by atoms with Gasteiger partial charge in [-0.25, -0.2) is 4.79 Å². The number of aryl methyl sites for hydroxylation is 1. The maximum Gasteiger partial charge on any atom is 0.409 e. The third kappa shape index (κ3) is 1.26. The van der Waals surface area contributed by atoms with Crippen LogP contribution in [0.15, 0.2) is 12.4 Å². The molecular weight excluding hydrogens is 164 g/mol. The van der Waals surface area contributed by atoms with Gasteiger partial charge in [-0.15, -0.1) is 0 Å². The lowest BCUT2D eigenvalue weighted by molar-refractivity contribution is -0.671. The number of hydrogen-bond acceptors (Lipinski definition) is 3.